The van der Waals surface area contributed by atoms with Gasteiger partial charge in [-0.3, -0.25) is 4.79 Å². The second kappa shape index (κ2) is 6.51. The Morgan fingerprint density at radius 2 is 1.93 bits per heavy atom. The fourth-order valence-corrected chi connectivity index (χ4v) is 5.62. The second-order valence-corrected chi connectivity index (χ2v) is 9.67. The Morgan fingerprint density at radius 1 is 1.22 bits per heavy atom. The molecule has 3 fully saturated rings. The average molecular weight is 390 g/mol. The molecule has 1 saturated heterocycles. The van der Waals surface area contributed by atoms with Crippen LogP contribution >= 0.6 is 11.6 Å². The Bertz CT molecular complexity index is 759. The van der Waals surface area contributed by atoms with Crippen molar-refractivity contribution in [3.05, 3.63) is 34.9 Å². The monoisotopic (exact) mass is 389 g/mol. The summed E-state index contributed by atoms with van der Waals surface area (Å²) in [6.45, 7) is 7.31. The first kappa shape index (κ1) is 18.8. The summed E-state index contributed by atoms with van der Waals surface area (Å²) in [6.07, 6.45) is 4.20. The van der Waals surface area contributed by atoms with E-state index in [0.29, 0.717) is 30.3 Å². The summed E-state index contributed by atoms with van der Waals surface area (Å²) in [6, 6.07) is 6.94. The lowest BCUT2D eigenvalue weighted by atomic mass is 9.70. The lowest BCUT2D eigenvalue weighted by molar-refractivity contribution is -0.164. The number of rotatable bonds is 4. The molecular formula is C22H28ClNO3. The van der Waals surface area contributed by atoms with Crippen molar-refractivity contribution < 1.29 is 14.3 Å². The molecule has 5 heteroatoms. The minimum Gasteiger partial charge on any atom is -0.460 e. The van der Waals surface area contributed by atoms with E-state index in [0.717, 1.165) is 18.4 Å². The largest absolute Gasteiger partial charge is 0.460 e. The first-order valence-electron chi connectivity index (χ1n) is 9.97. The Balaban J connectivity index is 1.46. The molecule has 0 N–H and O–H groups in total. The van der Waals surface area contributed by atoms with Crippen LogP contribution in [0.2, 0.25) is 5.02 Å². The molecule has 146 valence electrons. The summed E-state index contributed by atoms with van der Waals surface area (Å²) in [5.41, 5.74) is 1.21. The summed E-state index contributed by atoms with van der Waals surface area (Å²) in [4.78, 5) is 27.1. The SMILES string of the molecule is CC1(C)[C@H]2CC[C@]1(C)[C@H](OC(=O)C1CCC(=O)N1Cc1ccc(Cl)cc1)C2. The number of carbonyl (C=O) groups excluding carboxylic acids is 2. The molecule has 4 atom stereocenters. The van der Waals surface area contributed by atoms with Gasteiger partial charge in [0.25, 0.3) is 0 Å². The molecule has 0 radical (unpaired) electrons. The van der Waals surface area contributed by atoms with E-state index in [1.54, 1.807) is 4.90 Å². The van der Waals surface area contributed by atoms with Gasteiger partial charge >= 0.3 is 5.97 Å². The molecule has 1 unspecified atom stereocenters. The predicted octanol–water partition coefficient (Wildman–Crippen LogP) is 4.59. The number of hydrogen-bond donors (Lipinski definition) is 0. The van der Waals surface area contributed by atoms with Gasteiger partial charge in [-0.1, -0.05) is 44.5 Å². The van der Waals surface area contributed by atoms with Crippen molar-refractivity contribution in [2.45, 2.75) is 71.6 Å². The highest BCUT2D eigenvalue weighted by Crippen LogP contribution is 2.66. The van der Waals surface area contributed by atoms with Crippen LogP contribution in [0.5, 0.6) is 0 Å². The summed E-state index contributed by atoms with van der Waals surface area (Å²) in [7, 11) is 0. The zero-order valence-corrected chi connectivity index (χ0v) is 17.1. The summed E-state index contributed by atoms with van der Waals surface area (Å²) in [5, 5.41) is 0.662. The maximum Gasteiger partial charge on any atom is 0.329 e. The van der Waals surface area contributed by atoms with Crippen LogP contribution in [0.15, 0.2) is 24.3 Å². The van der Waals surface area contributed by atoms with Crippen LogP contribution in [0.25, 0.3) is 0 Å². The van der Waals surface area contributed by atoms with E-state index in [4.69, 9.17) is 16.3 Å². The van der Waals surface area contributed by atoms with Crippen molar-refractivity contribution >= 4 is 23.5 Å². The van der Waals surface area contributed by atoms with E-state index < -0.39 is 6.04 Å². The minimum atomic E-state index is -0.473. The van der Waals surface area contributed by atoms with E-state index in [9.17, 15) is 9.59 Å². The molecule has 2 bridgehead atoms. The van der Waals surface area contributed by atoms with Gasteiger partial charge in [0.15, 0.2) is 0 Å². The summed E-state index contributed by atoms with van der Waals surface area (Å²) in [5.74, 6) is 0.409. The number of carbonyl (C=O) groups is 2. The molecule has 1 aromatic rings. The van der Waals surface area contributed by atoms with Crippen LogP contribution in [0, 0.1) is 16.7 Å². The molecule has 2 aliphatic carbocycles. The number of amides is 1. The van der Waals surface area contributed by atoms with Gasteiger partial charge in [-0.25, -0.2) is 4.79 Å². The van der Waals surface area contributed by atoms with Crippen molar-refractivity contribution in [2.75, 3.05) is 0 Å². The minimum absolute atomic E-state index is 0.0198. The average Bonchev–Trinajstić information content (AvgIpc) is 3.15. The fourth-order valence-electron chi connectivity index (χ4n) is 5.49. The van der Waals surface area contributed by atoms with E-state index >= 15 is 0 Å². The number of hydrogen-bond acceptors (Lipinski definition) is 3. The molecule has 4 rings (SSSR count). The number of ether oxygens (including phenoxy) is 1. The molecule has 4 nitrogen and oxygen atoms in total. The molecule has 0 spiro atoms. The van der Waals surface area contributed by atoms with Gasteiger partial charge in [-0.15, -0.1) is 0 Å². The predicted molar refractivity (Wildman–Crippen MR) is 104 cm³/mol. The lowest BCUT2D eigenvalue weighted by Gasteiger charge is -2.39. The normalized spacial score (nSPS) is 34.3. The molecule has 1 aliphatic heterocycles. The van der Waals surface area contributed by atoms with Gasteiger partial charge in [0.05, 0.1) is 0 Å². The highest BCUT2D eigenvalue weighted by atomic mass is 35.5. The highest BCUT2D eigenvalue weighted by molar-refractivity contribution is 6.30. The van der Waals surface area contributed by atoms with E-state index in [-0.39, 0.29) is 28.8 Å². The standard InChI is InChI=1S/C22H28ClNO3/c1-21(2)15-10-11-22(21,3)18(12-15)27-20(26)17-8-9-19(25)24(17)13-14-4-6-16(23)7-5-14/h4-7,15,17-18H,8-13H2,1-3H3/t15-,17?,18+,22+/m0/s1. The highest BCUT2D eigenvalue weighted by Gasteiger charge is 2.63. The number of likely N-dealkylation sites (tertiary alicyclic amines) is 1. The van der Waals surface area contributed by atoms with E-state index in [2.05, 4.69) is 20.8 Å². The maximum absolute atomic E-state index is 13.0. The van der Waals surface area contributed by atoms with Crippen LogP contribution in [0.1, 0.15) is 58.4 Å². The topological polar surface area (TPSA) is 46.6 Å². The zero-order chi connectivity index (χ0) is 19.4. The Kier molecular flexibility index (Phi) is 4.53. The van der Waals surface area contributed by atoms with Crippen LogP contribution < -0.4 is 0 Å². The molecule has 27 heavy (non-hydrogen) atoms. The van der Waals surface area contributed by atoms with Crippen molar-refractivity contribution in [1.29, 1.82) is 0 Å². The fraction of sp³-hybridized carbons (Fsp3) is 0.636. The van der Waals surface area contributed by atoms with Gasteiger partial charge < -0.3 is 9.64 Å². The van der Waals surface area contributed by atoms with Crippen molar-refractivity contribution in [3.8, 4) is 0 Å². The zero-order valence-electron chi connectivity index (χ0n) is 16.3. The van der Waals surface area contributed by atoms with Gasteiger partial charge in [0, 0.05) is 23.4 Å². The quantitative estimate of drug-likeness (QED) is 0.707. The Labute approximate surface area is 166 Å². The molecule has 0 aromatic heterocycles. The smallest absolute Gasteiger partial charge is 0.329 e. The van der Waals surface area contributed by atoms with Crippen molar-refractivity contribution in [3.63, 3.8) is 0 Å². The number of halogens is 1. The number of benzene rings is 1. The Hall–Kier alpha value is -1.55. The Morgan fingerprint density at radius 3 is 2.52 bits per heavy atom. The molecule has 1 heterocycles. The number of esters is 1. The first-order chi connectivity index (χ1) is 12.7. The third-order valence-electron chi connectivity index (χ3n) is 7.84. The van der Waals surface area contributed by atoms with Crippen molar-refractivity contribution in [2.24, 2.45) is 16.7 Å². The second-order valence-electron chi connectivity index (χ2n) is 9.24. The van der Waals surface area contributed by atoms with Gasteiger partial charge in [0.2, 0.25) is 5.91 Å². The number of fused-ring (bicyclic) bond motifs is 2. The van der Waals surface area contributed by atoms with E-state index in [1.165, 1.54) is 6.42 Å². The molecule has 1 aromatic carbocycles. The molecular weight excluding hydrogens is 362 g/mol. The van der Waals surface area contributed by atoms with Gasteiger partial charge in [-0.2, -0.15) is 0 Å². The third kappa shape index (κ3) is 2.97. The van der Waals surface area contributed by atoms with E-state index in [1.807, 2.05) is 24.3 Å². The van der Waals surface area contributed by atoms with Crippen LogP contribution in [0.4, 0.5) is 0 Å². The molecule has 3 aliphatic rings. The first-order valence-corrected chi connectivity index (χ1v) is 10.3. The van der Waals surface area contributed by atoms with Crippen molar-refractivity contribution in [1.82, 2.24) is 4.90 Å². The summed E-state index contributed by atoms with van der Waals surface area (Å²) < 4.78 is 6.05. The molecule has 1 amide bonds. The van der Waals surface area contributed by atoms with Crippen LogP contribution in [-0.2, 0) is 20.9 Å². The summed E-state index contributed by atoms with van der Waals surface area (Å²) >= 11 is 5.94. The third-order valence-corrected chi connectivity index (χ3v) is 8.09. The van der Waals surface area contributed by atoms with Crippen LogP contribution in [-0.4, -0.2) is 28.9 Å². The number of nitrogens with zero attached hydrogens (tertiary/aromatic N) is 1. The maximum atomic E-state index is 13.0. The van der Waals surface area contributed by atoms with Gasteiger partial charge in [0.1, 0.15) is 12.1 Å². The van der Waals surface area contributed by atoms with Gasteiger partial charge in [-0.05, 0) is 54.7 Å². The van der Waals surface area contributed by atoms with Crippen LogP contribution in [0.3, 0.4) is 0 Å². The molecule has 2 saturated carbocycles. The lowest BCUT2D eigenvalue weighted by Crippen LogP contribution is -2.44.